The van der Waals surface area contributed by atoms with Crippen molar-refractivity contribution < 1.29 is 28.8 Å². The van der Waals surface area contributed by atoms with Crippen molar-refractivity contribution in [3.63, 3.8) is 0 Å². The summed E-state index contributed by atoms with van der Waals surface area (Å²) in [6.45, 7) is 0.344. The standard InChI is InChI=1S/C32H34N6O6S6/c33-25(41)21-15-7-1-3-9-17(15)47-27(21)35-19(39)11-5-13-37-29(43)23(49-31(37)45)24-30(44)38(32(46)50-24)14-6-12-20(40)36-28-22(26(34)42)16-8-2-4-10-18(16)48-28/h1-14H2,(H2,33,41)(H2,34,42)(H,35,39)(H,36,40)/b24-23+. The molecule has 2 fully saturated rings. The number of thiocarbonyl (C=S) groups is 2. The molecule has 0 saturated carbocycles. The topological polar surface area (TPSA) is 185 Å². The number of thiophene rings is 2. The van der Waals surface area contributed by atoms with E-state index in [1.54, 1.807) is 0 Å². The van der Waals surface area contributed by atoms with Crippen molar-refractivity contribution in [3.05, 3.63) is 41.8 Å². The van der Waals surface area contributed by atoms with E-state index in [-0.39, 0.29) is 56.2 Å². The summed E-state index contributed by atoms with van der Waals surface area (Å²) in [5.41, 5.74) is 13.9. The monoisotopic (exact) mass is 790 g/mol. The number of thioether (sulfide) groups is 2. The van der Waals surface area contributed by atoms with Crippen molar-refractivity contribution in [2.75, 3.05) is 23.7 Å². The van der Waals surface area contributed by atoms with Gasteiger partial charge in [0.25, 0.3) is 23.6 Å². The first-order valence-corrected chi connectivity index (χ1v) is 20.3. The summed E-state index contributed by atoms with van der Waals surface area (Å²) in [5, 5.41) is 6.62. The van der Waals surface area contributed by atoms with Crippen LogP contribution in [0.3, 0.4) is 0 Å². The predicted octanol–water partition coefficient (Wildman–Crippen LogP) is 4.83. The summed E-state index contributed by atoms with van der Waals surface area (Å²) < 4.78 is 0.555. The molecule has 2 aromatic heterocycles. The molecule has 0 spiro atoms. The van der Waals surface area contributed by atoms with Gasteiger partial charge >= 0.3 is 0 Å². The number of nitrogens with two attached hydrogens (primary N) is 2. The number of aryl methyl sites for hydroxylation is 2. The van der Waals surface area contributed by atoms with Crippen LogP contribution in [0, 0.1) is 0 Å². The maximum atomic E-state index is 13.4. The van der Waals surface area contributed by atoms with Crippen LogP contribution in [-0.2, 0) is 44.9 Å². The third-order valence-electron chi connectivity index (χ3n) is 8.82. The van der Waals surface area contributed by atoms with Gasteiger partial charge in [0.2, 0.25) is 11.8 Å². The number of rotatable bonds is 12. The van der Waals surface area contributed by atoms with Crippen LogP contribution in [0.15, 0.2) is 9.81 Å². The number of hydrogen-bond acceptors (Lipinski definition) is 12. The Morgan fingerprint density at radius 3 is 1.40 bits per heavy atom. The van der Waals surface area contributed by atoms with Gasteiger partial charge in [0.15, 0.2) is 0 Å². The van der Waals surface area contributed by atoms with Crippen LogP contribution in [0.5, 0.6) is 0 Å². The number of nitrogens with one attached hydrogen (secondary N) is 2. The average molecular weight is 791 g/mol. The number of hydrogen-bond donors (Lipinski definition) is 4. The van der Waals surface area contributed by atoms with Gasteiger partial charge in [0.05, 0.1) is 20.9 Å². The fourth-order valence-corrected chi connectivity index (χ4v) is 11.9. The number of anilines is 2. The Morgan fingerprint density at radius 2 is 1.02 bits per heavy atom. The lowest BCUT2D eigenvalue weighted by Crippen LogP contribution is -2.31. The lowest BCUT2D eigenvalue weighted by Gasteiger charge is -2.14. The molecule has 0 radical (unpaired) electrons. The second kappa shape index (κ2) is 15.6. The summed E-state index contributed by atoms with van der Waals surface area (Å²) in [6.07, 6.45) is 8.05. The first kappa shape index (κ1) is 36.6. The summed E-state index contributed by atoms with van der Waals surface area (Å²) in [6, 6.07) is 0. The molecule has 4 aliphatic rings. The van der Waals surface area contributed by atoms with Crippen molar-refractivity contribution in [2.24, 2.45) is 11.5 Å². The van der Waals surface area contributed by atoms with Gasteiger partial charge in [-0.3, -0.25) is 38.6 Å². The van der Waals surface area contributed by atoms with E-state index in [4.69, 9.17) is 35.9 Å². The molecule has 6 amide bonds. The zero-order valence-corrected chi connectivity index (χ0v) is 31.7. The molecule has 0 unspecified atom stereocenters. The number of primary amides is 2. The van der Waals surface area contributed by atoms with Gasteiger partial charge in [-0.25, -0.2) is 0 Å². The van der Waals surface area contributed by atoms with E-state index in [1.165, 1.54) is 32.5 Å². The van der Waals surface area contributed by atoms with Crippen molar-refractivity contribution in [2.45, 2.75) is 77.0 Å². The highest BCUT2D eigenvalue weighted by molar-refractivity contribution is 8.29. The third-order valence-corrected chi connectivity index (χ3v) is 14.3. The van der Waals surface area contributed by atoms with E-state index in [9.17, 15) is 28.8 Å². The molecule has 4 heterocycles. The second-order valence-electron chi connectivity index (χ2n) is 12.2. The predicted molar refractivity (Wildman–Crippen MR) is 206 cm³/mol. The zero-order valence-electron chi connectivity index (χ0n) is 26.8. The molecule has 18 heteroatoms. The molecular weight excluding hydrogens is 757 g/mol. The van der Waals surface area contributed by atoms with Crippen molar-refractivity contribution >= 4 is 125 Å². The van der Waals surface area contributed by atoms with Gasteiger partial charge < -0.3 is 22.1 Å². The molecule has 0 aromatic carbocycles. The van der Waals surface area contributed by atoms with Gasteiger partial charge in [-0.15, -0.1) is 22.7 Å². The fraction of sp³-hybridized carbons (Fsp3) is 0.438. The lowest BCUT2D eigenvalue weighted by molar-refractivity contribution is -0.124. The van der Waals surface area contributed by atoms with Gasteiger partial charge in [0.1, 0.15) is 18.6 Å². The normalized spacial score (nSPS) is 18.8. The Labute approximate surface area is 315 Å². The smallest absolute Gasteiger partial charge is 0.267 e. The molecule has 0 atom stereocenters. The largest absolute Gasteiger partial charge is 0.365 e. The van der Waals surface area contributed by atoms with Gasteiger partial charge in [-0.1, -0.05) is 48.0 Å². The molecular formula is C32H34N6O6S6. The third kappa shape index (κ3) is 7.55. The van der Waals surface area contributed by atoms with Crippen LogP contribution in [0.2, 0.25) is 0 Å². The van der Waals surface area contributed by atoms with E-state index in [0.29, 0.717) is 34.0 Å². The highest BCUT2D eigenvalue weighted by Gasteiger charge is 2.42. The van der Waals surface area contributed by atoms with Crippen LogP contribution < -0.4 is 22.1 Å². The van der Waals surface area contributed by atoms with Crippen molar-refractivity contribution in [1.82, 2.24) is 9.80 Å². The number of nitrogens with zero attached hydrogens (tertiary/aromatic N) is 2. The van der Waals surface area contributed by atoms with E-state index in [2.05, 4.69) is 10.6 Å². The van der Waals surface area contributed by atoms with Crippen molar-refractivity contribution in [1.29, 1.82) is 0 Å². The Bertz CT molecular complexity index is 1750. The summed E-state index contributed by atoms with van der Waals surface area (Å²) in [7, 11) is 0. The molecule has 50 heavy (non-hydrogen) atoms. The number of amides is 6. The van der Waals surface area contributed by atoms with E-state index in [1.807, 2.05) is 0 Å². The fourth-order valence-electron chi connectivity index (χ4n) is 6.46. The minimum atomic E-state index is -0.555. The Kier molecular flexibility index (Phi) is 11.4. The SMILES string of the molecule is NC(=O)c1c(NC(=O)CCCN2C(=O)/C(=C3\SC(=S)N(CCCC(=O)Nc4sc5c(c4C(N)=O)CCCC5)C3=O)SC2=S)sc2c1CCCC2. The van der Waals surface area contributed by atoms with Crippen LogP contribution in [0.25, 0.3) is 0 Å². The number of fused-ring (bicyclic) bond motifs is 2. The summed E-state index contributed by atoms with van der Waals surface area (Å²) >= 11 is 15.7. The Balaban J connectivity index is 1.00. The minimum Gasteiger partial charge on any atom is -0.365 e. The number of carbonyl (C=O) groups is 6. The quantitative estimate of drug-likeness (QED) is 0.172. The molecule has 12 nitrogen and oxygen atoms in total. The van der Waals surface area contributed by atoms with Crippen LogP contribution in [-0.4, -0.2) is 67.0 Å². The Morgan fingerprint density at radius 1 is 0.640 bits per heavy atom. The highest BCUT2D eigenvalue weighted by atomic mass is 32.2. The molecule has 264 valence electrons. The Hall–Kier alpha value is -3.16. The maximum Gasteiger partial charge on any atom is 0.267 e. The van der Waals surface area contributed by atoms with Crippen LogP contribution in [0.1, 0.15) is 93.0 Å². The molecule has 2 aliphatic heterocycles. The molecule has 0 bridgehead atoms. The highest BCUT2D eigenvalue weighted by Crippen LogP contribution is 2.43. The van der Waals surface area contributed by atoms with Gasteiger partial charge in [0, 0.05) is 35.7 Å². The summed E-state index contributed by atoms with van der Waals surface area (Å²) in [5.74, 6) is -2.55. The van der Waals surface area contributed by atoms with E-state index in [0.717, 1.165) is 95.8 Å². The second-order valence-corrected chi connectivity index (χ2v) is 17.7. The molecule has 2 aromatic rings. The van der Waals surface area contributed by atoms with Crippen molar-refractivity contribution in [3.8, 4) is 0 Å². The van der Waals surface area contributed by atoms with E-state index < -0.39 is 23.6 Å². The zero-order chi connectivity index (χ0) is 35.7. The van der Waals surface area contributed by atoms with Crippen LogP contribution >= 0.6 is 70.6 Å². The number of carbonyl (C=O) groups excluding carboxylic acids is 6. The first-order valence-electron chi connectivity index (χ1n) is 16.2. The van der Waals surface area contributed by atoms with Gasteiger partial charge in [-0.05, 0) is 75.3 Å². The van der Waals surface area contributed by atoms with Crippen LogP contribution in [0.4, 0.5) is 10.0 Å². The maximum absolute atomic E-state index is 13.4. The summed E-state index contributed by atoms with van der Waals surface area (Å²) in [4.78, 5) is 82.0. The molecule has 6 N–H and O–H groups in total. The molecule has 2 aliphatic carbocycles. The molecule has 2 saturated heterocycles. The van der Waals surface area contributed by atoms with E-state index >= 15 is 0 Å². The average Bonchev–Trinajstić information content (AvgIpc) is 3.78. The first-order chi connectivity index (χ1) is 23.9. The lowest BCUT2D eigenvalue weighted by atomic mass is 9.95. The van der Waals surface area contributed by atoms with Gasteiger partial charge in [-0.2, -0.15) is 0 Å². The minimum absolute atomic E-state index is 0.0848. The molecule has 6 rings (SSSR count).